The summed E-state index contributed by atoms with van der Waals surface area (Å²) in [6, 6.07) is 11.5. The predicted molar refractivity (Wildman–Crippen MR) is 87.1 cm³/mol. The SMILES string of the molecule is Cc1ccc(NC(=O)c2cccc(N3CCCC3=O)c2)c(F)c1. The molecule has 118 valence electrons. The first-order chi connectivity index (χ1) is 11.0. The van der Waals surface area contributed by atoms with Crippen LogP contribution in [0.15, 0.2) is 42.5 Å². The van der Waals surface area contributed by atoms with Gasteiger partial charge in [0.25, 0.3) is 5.91 Å². The Morgan fingerprint density at radius 1 is 1.22 bits per heavy atom. The highest BCUT2D eigenvalue weighted by Gasteiger charge is 2.22. The van der Waals surface area contributed by atoms with E-state index in [9.17, 15) is 14.0 Å². The van der Waals surface area contributed by atoms with E-state index in [1.165, 1.54) is 12.1 Å². The molecule has 1 heterocycles. The number of hydrogen-bond acceptors (Lipinski definition) is 2. The van der Waals surface area contributed by atoms with Crippen LogP contribution in [0.2, 0.25) is 0 Å². The third-order valence-corrected chi connectivity index (χ3v) is 3.87. The van der Waals surface area contributed by atoms with Crippen molar-refractivity contribution in [2.75, 3.05) is 16.8 Å². The molecule has 4 nitrogen and oxygen atoms in total. The Morgan fingerprint density at radius 3 is 2.74 bits per heavy atom. The van der Waals surface area contributed by atoms with Crippen molar-refractivity contribution in [3.05, 3.63) is 59.4 Å². The maximum absolute atomic E-state index is 13.8. The van der Waals surface area contributed by atoms with Gasteiger partial charge in [-0.05, 0) is 49.2 Å². The van der Waals surface area contributed by atoms with Crippen molar-refractivity contribution in [2.45, 2.75) is 19.8 Å². The summed E-state index contributed by atoms with van der Waals surface area (Å²) in [6.45, 7) is 2.45. The number of nitrogens with zero attached hydrogens (tertiary/aromatic N) is 1. The van der Waals surface area contributed by atoms with Gasteiger partial charge in [-0.1, -0.05) is 12.1 Å². The normalized spacial score (nSPS) is 14.2. The first-order valence-corrected chi connectivity index (χ1v) is 7.52. The number of halogens is 1. The van der Waals surface area contributed by atoms with E-state index in [4.69, 9.17) is 0 Å². The van der Waals surface area contributed by atoms with Crippen molar-refractivity contribution in [3.8, 4) is 0 Å². The van der Waals surface area contributed by atoms with Crippen molar-refractivity contribution < 1.29 is 14.0 Å². The van der Waals surface area contributed by atoms with Crippen LogP contribution in [-0.2, 0) is 4.79 Å². The Morgan fingerprint density at radius 2 is 2.04 bits per heavy atom. The van der Waals surface area contributed by atoms with Gasteiger partial charge in [0.15, 0.2) is 0 Å². The highest BCUT2D eigenvalue weighted by atomic mass is 19.1. The summed E-state index contributed by atoms with van der Waals surface area (Å²) in [4.78, 5) is 25.8. The fourth-order valence-corrected chi connectivity index (χ4v) is 2.65. The Hall–Kier alpha value is -2.69. The van der Waals surface area contributed by atoms with Crippen LogP contribution in [0.3, 0.4) is 0 Å². The summed E-state index contributed by atoms with van der Waals surface area (Å²) >= 11 is 0. The van der Waals surface area contributed by atoms with E-state index in [1.807, 2.05) is 0 Å². The van der Waals surface area contributed by atoms with Gasteiger partial charge in [0.05, 0.1) is 5.69 Å². The van der Waals surface area contributed by atoms with E-state index in [-0.39, 0.29) is 11.6 Å². The molecule has 0 atom stereocenters. The number of rotatable bonds is 3. The molecule has 0 radical (unpaired) electrons. The molecule has 1 aliphatic heterocycles. The van der Waals surface area contributed by atoms with Gasteiger partial charge in [-0.25, -0.2) is 4.39 Å². The minimum Gasteiger partial charge on any atom is -0.319 e. The summed E-state index contributed by atoms with van der Waals surface area (Å²) in [5.74, 6) is -0.808. The molecule has 0 bridgehead atoms. The van der Waals surface area contributed by atoms with E-state index < -0.39 is 11.7 Å². The molecule has 2 amide bonds. The Bertz CT molecular complexity index is 773. The van der Waals surface area contributed by atoms with Gasteiger partial charge in [-0.2, -0.15) is 0 Å². The highest BCUT2D eigenvalue weighted by molar-refractivity contribution is 6.05. The van der Waals surface area contributed by atoms with Gasteiger partial charge in [0.2, 0.25) is 5.91 Å². The average molecular weight is 312 g/mol. The second kappa shape index (κ2) is 6.20. The molecule has 0 unspecified atom stereocenters. The monoisotopic (exact) mass is 312 g/mol. The number of aryl methyl sites for hydroxylation is 1. The van der Waals surface area contributed by atoms with E-state index in [0.29, 0.717) is 24.2 Å². The molecule has 1 saturated heterocycles. The van der Waals surface area contributed by atoms with E-state index in [0.717, 1.165) is 12.0 Å². The minimum absolute atomic E-state index is 0.0622. The zero-order valence-electron chi connectivity index (χ0n) is 12.8. The topological polar surface area (TPSA) is 49.4 Å². The lowest BCUT2D eigenvalue weighted by Crippen LogP contribution is -2.24. The van der Waals surface area contributed by atoms with Crippen LogP contribution < -0.4 is 10.2 Å². The number of carbonyl (C=O) groups excluding carboxylic acids is 2. The van der Waals surface area contributed by atoms with Gasteiger partial charge < -0.3 is 10.2 Å². The quantitative estimate of drug-likeness (QED) is 0.943. The fourth-order valence-electron chi connectivity index (χ4n) is 2.65. The summed E-state index contributed by atoms with van der Waals surface area (Å²) in [5.41, 5.74) is 2.02. The average Bonchev–Trinajstić information content (AvgIpc) is 2.96. The molecule has 1 aliphatic rings. The van der Waals surface area contributed by atoms with Gasteiger partial charge >= 0.3 is 0 Å². The fraction of sp³-hybridized carbons (Fsp3) is 0.222. The van der Waals surface area contributed by atoms with Crippen LogP contribution in [0.4, 0.5) is 15.8 Å². The van der Waals surface area contributed by atoms with Gasteiger partial charge in [0, 0.05) is 24.2 Å². The first kappa shape index (κ1) is 15.2. The number of amides is 2. The van der Waals surface area contributed by atoms with Crippen LogP contribution in [0.1, 0.15) is 28.8 Å². The van der Waals surface area contributed by atoms with Crippen LogP contribution in [0.25, 0.3) is 0 Å². The molecule has 2 aromatic carbocycles. The molecule has 3 rings (SSSR count). The largest absolute Gasteiger partial charge is 0.319 e. The van der Waals surface area contributed by atoms with Crippen molar-refractivity contribution in [3.63, 3.8) is 0 Å². The Balaban J connectivity index is 1.81. The first-order valence-electron chi connectivity index (χ1n) is 7.52. The number of anilines is 2. The molecular weight excluding hydrogens is 295 g/mol. The van der Waals surface area contributed by atoms with Crippen LogP contribution in [-0.4, -0.2) is 18.4 Å². The number of carbonyl (C=O) groups is 2. The third-order valence-electron chi connectivity index (χ3n) is 3.87. The number of hydrogen-bond donors (Lipinski definition) is 1. The molecule has 23 heavy (non-hydrogen) atoms. The molecule has 5 heteroatoms. The lowest BCUT2D eigenvalue weighted by molar-refractivity contribution is -0.117. The zero-order chi connectivity index (χ0) is 16.4. The molecule has 0 saturated carbocycles. The lowest BCUT2D eigenvalue weighted by atomic mass is 10.1. The summed E-state index contributed by atoms with van der Waals surface area (Å²) in [6.07, 6.45) is 1.36. The van der Waals surface area contributed by atoms with Crippen molar-refractivity contribution >= 4 is 23.2 Å². The second-order valence-corrected chi connectivity index (χ2v) is 5.64. The Labute approximate surface area is 133 Å². The van der Waals surface area contributed by atoms with Crippen LogP contribution in [0, 0.1) is 12.7 Å². The minimum atomic E-state index is -0.468. The van der Waals surface area contributed by atoms with Crippen molar-refractivity contribution in [2.24, 2.45) is 0 Å². The molecule has 1 N–H and O–H groups in total. The standard InChI is InChI=1S/C18H17FN2O2/c1-12-7-8-16(15(19)10-12)20-18(23)13-4-2-5-14(11-13)21-9-3-6-17(21)22/h2,4-5,7-8,10-11H,3,6,9H2,1H3,(H,20,23). The summed E-state index contributed by atoms with van der Waals surface area (Å²) < 4.78 is 13.8. The predicted octanol–water partition coefficient (Wildman–Crippen LogP) is 3.51. The molecule has 0 aromatic heterocycles. The van der Waals surface area contributed by atoms with E-state index >= 15 is 0 Å². The van der Waals surface area contributed by atoms with Crippen LogP contribution in [0.5, 0.6) is 0 Å². The van der Waals surface area contributed by atoms with Crippen molar-refractivity contribution in [1.82, 2.24) is 0 Å². The van der Waals surface area contributed by atoms with Crippen molar-refractivity contribution in [1.29, 1.82) is 0 Å². The molecule has 0 spiro atoms. The van der Waals surface area contributed by atoms with E-state index in [1.54, 1.807) is 42.2 Å². The molecule has 0 aliphatic carbocycles. The summed E-state index contributed by atoms with van der Waals surface area (Å²) in [5, 5.41) is 2.57. The maximum atomic E-state index is 13.8. The molecular formula is C18H17FN2O2. The lowest BCUT2D eigenvalue weighted by Gasteiger charge is -2.16. The molecule has 1 fully saturated rings. The maximum Gasteiger partial charge on any atom is 0.255 e. The number of benzene rings is 2. The third kappa shape index (κ3) is 3.23. The smallest absolute Gasteiger partial charge is 0.255 e. The van der Waals surface area contributed by atoms with Crippen LogP contribution >= 0.6 is 0 Å². The molecule has 2 aromatic rings. The highest BCUT2D eigenvalue weighted by Crippen LogP contribution is 2.23. The van der Waals surface area contributed by atoms with E-state index in [2.05, 4.69) is 5.32 Å². The zero-order valence-corrected chi connectivity index (χ0v) is 12.8. The Kier molecular flexibility index (Phi) is 4.10. The van der Waals surface area contributed by atoms with Gasteiger partial charge in [-0.3, -0.25) is 9.59 Å². The second-order valence-electron chi connectivity index (χ2n) is 5.64. The van der Waals surface area contributed by atoms with Gasteiger partial charge in [-0.15, -0.1) is 0 Å². The van der Waals surface area contributed by atoms with Gasteiger partial charge in [0.1, 0.15) is 5.82 Å². The number of nitrogens with one attached hydrogen (secondary N) is 1. The summed E-state index contributed by atoms with van der Waals surface area (Å²) in [7, 11) is 0.